The van der Waals surface area contributed by atoms with Crippen molar-refractivity contribution in [3.8, 4) is 16.9 Å². The Labute approximate surface area is 209 Å². The van der Waals surface area contributed by atoms with Crippen LogP contribution >= 0.6 is 0 Å². The van der Waals surface area contributed by atoms with Crippen molar-refractivity contribution in [3.63, 3.8) is 0 Å². The van der Waals surface area contributed by atoms with E-state index in [1.165, 1.54) is 20.8 Å². The lowest BCUT2D eigenvalue weighted by Crippen LogP contribution is -2.42. The van der Waals surface area contributed by atoms with E-state index in [0.29, 0.717) is 22.9 Å². The van der Waals surface area contributed by atoms with Crippen LogP contribution < -0.4 is 9.46 Å². The van der Waals surface area contributed by atoms with Gasteiger partial charge in [0.05, 0.1) is 24.1 Å². The SMILES string of the molecule is Cc1ccc(OC2CC2)c(C)c1-c1cc(C(F)(F)F)c(F)c(C(CC(=O)O)N[S@+]([O-])C(C)(C)C)c1F. The largest absolute Gasteiger partial charge is 0.598 e. The Hall–Kier alpha value is -2.37. The molecular formula is C25H28F5NO4S. The van der Waals surface area contributed by atoms with Gasteiger partial charge in [-0.05, 0) is 76.3 Å². The predicted octanol–water partition coefficient (Wildman–Crippen LogP) is 6.38. The molecule has 5 nitrogen and oxygen atoms in total. The van der Waals surface area contributed by atoms with Gasteiger partial charge >= 0.3 is 12.1 Å². The van der Waals surface area contributed by atoms with Crippen LogP contribution in [0.15, 0.2) is 18.2 Å². The fourth-order valence-corrected chi connectivity index (χ4v) is 4.58. The van der Waals surface area contributed by atoms with Crippen molar-refractivity contribution in [1.29, 1.82) is 0 Å². The molecule has 0 amide bonds. The number of carboxylic acids is 1. The van der Waals surface area contributed by atoms with Gasteiger partial charge < -0.3 is 14.4 Å². The van der Waals surface area contributed by atoms with Crippen molar-refractivity contribution in [1.82, 2.24) is 4.72 Å². The molecule has 1 unspecified atom stereocenters. The van der Waals surface area contributed by atoms with Crippen LogP contribution in [-0.2, 0) is 22.3 Å². The average Bonchev–Trinajstić information content (AvgIpc) is 3.53. The first kappa shape index (κ1) is 28.2. The zero-order chi connectivity index (χ0) is 27.2. The molecule has 1 fully saturated rings. The number of ether oxygens (including phenoxy) is 1. The number of nitrogens with one attached hydrogen (secondary N) is 1. The van der Waals surface area contributed by atoms with E-state index in [4.69, 9.17) is 4.74 Å². The highest BCUT2D eigenvalue weighted by molar-refractivity contribution is 7.90. The lowest BCUT2D eigenvalue weighted by Gasteiger charge is -2.29. The molecule has 2 atom stereocenters. The van der Waals surface area contributed by atoms with Gasteiger partial charge in [0.25, 0.3) is 0 Å². The first-order chi connectivity index (χ1) is 16.5. The van der Waals surface area contributed by atoms with E-state index >= 15 is 8.78 Å². The van der Waals surface area contributed by atoms with Gasteiger partial charge in [-0.25, -0.2) is 8.78 Å². The second-order valence-electron chi connectivity index (χ2n) is 9.86. The Morgan fingerprint density at radius 3 is 2.31 bits per heavy atom. The molecule has 3 rings (SSSR count). The number of halogens is 5. The van der Waals surface area contributed by atoms with E-state index in [0.717, 1.165) is 12.8 Å². The fraction of sp³-hybridized carbons (Fsp3) is 0.480. The minimum atomic E-state index is -5.21. The number of aliphatic carboxylic acids is 1. The molecule has 36 heavy (non-hydrogen) atoms. The molecule has 2 aromatic carbocycles. The standard InChI is InChI=1S/C25H28F5NO4S/c1-12-6-9-18(35-14-7-8-14)13(2)20(12)15-10-16(25(28,29)30)23(27)21(22(15)26)17(11-19(32)33)31-36(34)24(3,4)5/h6,9-10,14,17,31H,7-8,11H2,1-5H3,(H,32,33)/t17?,36-/m1/s1. The summed E-state index contributed by atoms with van der Waals surface area (Å²) in [7, 11) is 0. The van der Waals surface area contributed by atoms with Crippen molar-refractivity contribution in [2.24, 2.45) is 0 Å². The third kappa shape index (κ3) is 6.12. The molecule has 1 saturated carbocycles. The smallest absolute Gasteiger partial charge is 0.419 e. The molecule has 198 valence electrons. The molecule has 2 aromatic rings. The number of carboxylic acid groups (broad SMARTS) is 1. The normalized spacial score (nSPS) is 16.1. The molecule has 0 aromatic heterocycles. The van der Waals surface area contributed by atoms with Crippen molar-refractivity contribution in [3.05, 3.63) is 52.1 Å². The third-order valence-corrected chi connectivity index (χ3v) is 7.39. The summed E-state index contributed by atoms with van der Waals surface area (Å²) in [5.74, 6) is -4.48. The highest BCUT2D eigenvalue weighted by Crippen LogP contribution is 2.44. The average molecular weight is 534 g/mol. The summed E-state index contributed by atoms with van der Waals surface area (Å²) in [5.41, 5.74) is -2.56. The Balaban J connectivity index is 2.30. The van der Waals surface area contributed by atoms with Crippen molar-refractivity contribution in [2.75, 3.05) is 0 Å². The van der Waals surface area contributed by atoms with Crippen molar-refractivity contribution >= 4 is 17.3 Å². The number of aryl methyl sites for hydroxylation is 1. The first-order valence-corrected chi connectivity index (χ1v) is 12.4. The van der Waals surface area contributed by atoms with E-state index in [1.807, 2.05) is 0 Å². The summed E-state index contributed by atoms with van der Waals surface area (Å²) in [4.78, 5) is 11.5. The van der Waals surface area contributed by atoms with E-state index in [2.05, 4.69) is 4.72 Å². The lowest BCUT2D eigenvalue weighted by atomic mass is 9.89. The summed E-state index contributed by atoms with van der Waals surface area (Å²) in [6.07, 6.45) is -4.59. The molecule has 0 heterocycles. The summed E-state index contributed by atoms with van der Waals surface area (Å²) in [6, 6.07) is 1.76. The minimum Gasteiger partial charge on any atom is -0.598 e. The predicted molar refractivity (Wildman–Crippen MR) is 126 cm³/mol. The number of carbonyl (C=O) groups is 1. The minimum absolute atomic E-state index is 0.0323. The first-order valence-electron chi connectivity index (χ1n) is 11.3. The Bertz CT molecular complexity index is 1160. The molecule has 1 aliphatic rings. The van der Waals surface area contributed by atoms with E-state index in [9.17, 15) is 27.6 Å². The van der Waals surface area contributed by atoms with Crippen LogP contribution in [0.5, 0.6) is 5.75 Å². The summed E-state index contributed by atoms with van der Waals surface area (Å²) < 4.78 is 92.9. The van der Waals surface area contributed by atoms with E-state index in [-0.39, 0.29) is 11.7 Å². The molecule has 0 aliphatic heterocycles. The second kappa shape index (κ2) is 10.2. The molecule has 0 bridgehead atoms. The van der Waals surface area contributed by atoms with Gasteiger partial charge in [-0.15, -0.1) is 4.72 Å². The van der Waals surface area contributed by atoms with Crippen LogP contribution in [0.3, 0.4) is 0 Å². The van der Waals surface area contributed by atoms with Crippen LogP contribution in [0.2, 0.25) is 0 Å². The molecule has 0 radical (unpaired) electrons. The Morgan fingerprint density at radius 1 is 1.19 bits per heavy atom. The fourth-order valence-electron chi connectivity index (χ4n) is 3.77. The molecule has 1 aliphatic carbocycles. The summed E-state index contributed by atoms with van der Waals surface area (Å²) in [6.45, 7) is 7.71. The lowest BCUT2D eigenvalue weighted by molar-refractivity contribution is -0.140. The number of benzene rings is 2. The number of alkyl halides is 3. The Morgan fingerprint density at radius 2 is 1.81 bits per heavy atom. The van der Waals surface area contributed by atoms with Crippen LogP contribution in [0.1, 0.15) is 68.3 Å². The highest BCUT2D eigenvalue weighted by atomic mass is 32.2. The van der Waals surface area contributed by atoms with Gasteiger partial charge in [0.2, 0.25) is 0 Å². The number of hydrogen-bond donors (Lipinski definition) is 2. The van der Waals surface area contributed by atoms with Crippen LogP contribution in [0, 0.1) is 25.5 Å². The van der Waals surface area contributed by atoms with Crippen molar-refractivity contribution < 1.29 is 41.1 Å². The number of hydrogen-bond acceptors (Lipinski definition) is 4. The topological polar surface area (TPSA) is 81.6 Å². The van der Waals surface area contributed by atoms with Gasteiger partial charge in [0.1, 0.15) is 22.1 Å². The number of rotatable bonds is 8. The quantitative estimate of drug-likeness (QED) is 0.304. The molecule has 2 N–H and O–H groups in total. The third-order valence-electron chi connectivity index (χ3n) is 5.78. The van der Waals surface area contributed by atoms with Crippen molar-refractivity contribution in [2.45, 2.75) is 77.0 Å². The van der Waals surface area contributed by atoms with Gasteiger partial charge in [-0.2, -0.15) is 13.2 Å². The molecule has 0 spiro atoms. The maximum absolute atomic E-state index is 16.0. The highest BCUT2D eigenvalue weighted by Gasteiger charge is 2.41. The van der Waals surface area contributed by atoms with Crippen LogP contribution in [0.25, 0.3) is 11.1 Å². The van der Waals surface area contributed by atoms with Crippen LogP contribution in [0.4, 0.5) is 22.0 Å². The maximum atomic E-state index is 16.0. The van der Waals surface area contributed by atoms with Gasteiger partial charge in [0, 0.05) is 22.5 Å². The molecular weight excluding hydrogens is 505 g/mol. The van der Waals surface area contributed by atoms with Gasteiger partial charge in [0.15, 0.2) is 0 Å². The van der Waals surface area contributed by atoms with E-state index < -0.39 is 69.0 Å². The zero-order valence-electron chi connectivity index (χ0n) is 20.5. The summed E-state index contributed by atoms with van der Waals surface area (Å²) in [5, 5.41) is 9.35. The molecule has 0 saturated heterocycles. The van der Waals surface area contributed by atoms with E-state index in [1.54, 1.807) is 26.0 Å². The Kier molecular flexibility index (Phi) is 7.98. The maximum Gasteiger partial charge on any atom is 0.419 e. The van der Waals surface area contributed by atoms with Gasteiger partial charge in [-0.3, -0.25) is 4.79 Å². The molecule has 11 heteroatoms. The second-order valence-corrected chi connectivity index (χ2v) is 11.9. The van der Waals surface area contributed by atoms with Gasteiger partial charge in [-0.1, -0.05) is 6.07 Å². The monoisotopic (exact) mass is 533 g/mol. The summed E-state index contributed by atoms with van der Waals surface area (Å²) >= 11 is -2.04. The van der Waals surface area contributed by atoms with Crippen LogP contribution in [-0.4, -0.2) is 26.5 Å². The zero-order valence-corrected chi connectivity index (χ0v) is 21.3.